The van der Waals surface area contributed by atoms with E-state index in [1.807, 2.05) is 33.3 Å². The lowest BCUT2D eigenvalue weighted by molar-refractivity contribution is -0.142. The number of esters is 1. The molecule has 0 aliphatic heterocycles. The molecule has 0 bridgehead atoms. The molecule has 4 heteroatoms. The second kappa shape index (κ2) is 5.34. The molecule has 0 unspecified atom stereocenters. The van der Waals surface area contributed by atoms with Gasteiger partial charge < -0.3 is 13.9 Å². The number of rotatable bonds is 4. The Labute approximate surface area is 113 Å². The minimum atomic E-state index is -0.179. The minimum absolute atomic E-state index is 0.179. The number of aryl methyl sites for hydroxylation is 2. The Morgan fingerprint density at radius 3 is 2.68 bits per heavy atom. The molecule has 2 heterocycles. The summed E-state index contributed by atoms with van der Waals surface area (Å²) >= 11 is 0. The van der Waals surface area contributed by atoms with Crippen LogP contribution >= 0.6 is 0 Å². The van der Waals surface area contributed by atoms with Gasteiger partial charge in [-0.05, 0) is 37.6 Å². The van der Waals surface area contributed by atoms with Crippen LogP contribution in [0.2, 0.25) is 0 Å². The molecular formula is C15H20N2O2. The molecule has 0 atom stereocenters. The summed E-state index contributed by atoms with van der Waals surface area (Å²) < 4.78 is 9.16. The Kier molecular flexibility index (Phi) is 3.79. The third-order valence-electron chi connectivity index (χ3n) is 3.34. The van der Waals surface area contributed by atoms with E-state index in [0.717, 1.165) is 17.1 Å². The van der Waals surface area contributed by atoms with Gasteiger partial charge in [-0.2, -0.15) is 0 Å². The lowest BCUT2D eigenvalue weighted by Crippen LogP contribution is -2.10. The lowest BCUT2D eigenvalue weighted by atomic mass is 10.2. The Morgan fingerprint density at radius 2 is 2.11 bits per heavy atom. The van der Waals surface area contributed by atoms with Crippen molar-refractivity contribution in [3.8, 4) is 11.4 Å². The molecule has 0 saturated heterocycles. The number of carbonyl (C=O) groups excluding carboxylic acids is 1. The van der Waals surface area contributed by atoms with E-state index >= 15 is 0 Å². The fourth-order valence-electron chi connectivity index (χ4n) is 2.43. The summed E-state index contributed by atoms with van der Waals surface area (Å²) in [5, 5.41) is 0. The monoisotopic (exact) mass is 260 g/mol. The van der Waals surface area contributed by atoms with Gasteiger partial charge in [0, 0.05) is 26.0 Å². The Morgan fingerprint density at radius 1 is 1.37 bits per heavy atom. The van der Waals surface area contributed by atoms with E-state index in [1.54, 1.807) is 0 Å². The predicted octanol–water partition coefficient (Wildman–Crippen LogP) is 2.44. The molecule has 2 aromatic rings. The van der Waals surface area contributed by atoms with Crippen LogP contribution in [-0.4, -0.2) is 21.7 Å². The highest BCUT2D eigenvalue weighted by Crippen LogP contribution is 2.26. The van der Waals surface area contributed by atoms with Gasteiger partial charge in [0.15, 0.2) is 0 Å². The van der Waals surface area contributed by atoms with Gasteiger partial charge in [-0.1, -0.05) is 0 Å². The molecule has 0 spiro atoms. The maximum atomic E-state index is 11.6. The summed E-state index contributed by atoms with van der Waals surface area (Å²) in [5.74, 6) is -0.179. The Balaban J connectivity index is 2.35. The average molecular weight is 260 g/mol. The maximum absolute atomic E-state index is 11.6. The van der Waals surface area contributed by atoms with Crippen LogP contribution in [0.3, 0.4) is 0 Å². The van der Waals surface area contributed by atoms with Crippen LogP contribution in [-0.2, 0) is 30.0 Å². The van der Waals surface area contributed by atoms with E-state index in [9.17, 15) is 4.79 Å². The highest BCUT2D eigenvalue weighted by molar-refractivity contribution is 5.73. The van der Waals surface area contributed by atoms with E-state index in [2.05, 4.69) is 28.2 Å². The van der Waals surface area contributed by atoms with E-state index in [4.69, 9.17) is 4.74 Å². The Bertz CT molecular complexity index is 593. The van der Waals surface area contributed by atoms with Crippen LogP contribution in [0.1, 0.15) is 18.2 Å². The van der Waals surface area contributed by atoms with E-state index < -0.39 is 0 Å². The van der Waals surface area contributed by atoms with Gasteiger partial charge >= 0.3 is 5.97 Å². The molecule has 0 aromatic carbocycles. The van der Waals surface area contributed by atoms with Crippen molar-refractivity contribution in [3.63, 3.8) is 0 Å². The average Bonchev–Trinajstić information content (AvgIpc) is 2.85. The summed E-state index contributed by atoms with van der Waals surface area (Å²) in [7, 11) is 4.01. The number of nitrogens with zero attached hydrogens (tertiary/aromatic N) is 2. The van der Waals surface area contributed by atoms with Crippen LogP contribution in [0.4, 0.5) is 0 Å². The van der Waals surface area contributed by atoms with Crippen LogP contribution in [0, 0.1) is 6.92 Å². The molecule has 0 N–H and O–H groups in total. The first-order valence-corrected chi connectivity index (χ1v) is 6.47. The number of hydrogen-bond donors (Lipinski definition) is 0. The number of aromatic nitrogens is 2. The van der Waals surface area contributed by atoms with E-state index in [-0.39, 0.29) is 5.97 Å². The van der Waals surface area contributed by atoms with Crippen LogP contribution in [0.15, 0.2) is 24.4 Å². The third kappa shape index (κ3) is 2.57. The van der Waals surface area contributed by atoms with Crippen LogP contribution in [0.25, 0.3) is 11.4 Å². The largest absolute Gasteiger partial charge is 0.466 e. The maximum Gasteiger partial charge on any atom is 0.311 e. The first kappa shape index (κ1) is 13.5. The summed E-state index contributed by atoms with van der Waals surface area (Å²) in [6.07, 6.45) is 2.34. The second-order valence-electron chi connectivity index (χ2n) is 4.71. The Hall–Kier alpha value is -1.97. The topological polar surface area (TPSA) is 36.2 Å². The minimum Gasteiger partial charge on any atom is -0.466 e. The fraction of sp³-hybridized carbons (Fsp3) is 0.400. The van der Waals surface area contributed by atoms with Crippen molar-refractivity contribution in [2.75, 3.05) is 6.61 Å². The molecular weight excluding hydrogens is 240 g/mol. The lowest BCUT2D eigenvalue weighted by Gasteiger charge is -2.09. The first-order chi connectivity index (χ1) is 9.04. The van der Waals surface area contributed by atoms with Crippen molar-refractivity contribution in [1.29, 1.82) is 0 Å². The van der Waals surface area contributed by atoms with E-state index in [0.29, 0.717) is 13.0 Å². The summed E-state index contributed by atoms with van der Waals surface area (Å²) in [6, 6.07) is 6.16. The van der Waals surface area contributed by atoms with Gasteiger partial charge in [-0.15, -0.1) is 0 Å². The third-order valence-corrected chi connectivity index (χ3v) is 3.34. The summed E-state index contributed by atoms with van der Waals surface area (Å²) in [5.41, 5.74) is 4.44. The van der Waals surface area contributed by atoms with Gasteiger partial charge in [0.25, 0.3) is 0 Å². The highest BCUT2D eigenvalue weighted by Gasteiger charge is 2.15. The molecule has 2 rings (SSSR count). The van der Waals surface area contributed by atoms with Gasteiger partial charge in [-0.3, -0.25) is 4.79 Å². The molecule has 0 saturated carbocycles. The molecule has 0 radical (unpaired) electrons. The normalized spacial score (nSPS) is 10.7. The van der Waals surface area contributed by atoms with Gasteiger partial charge in [0.1, 0.15) is 0 Å². The van der Waals surface area contributed by atoms with Crippen molar-refractivity contribution in [2.24, 2.45) is 14.1 Å². The zero-order valence-electron chi connectivity index (χ0n) is 11.9. The van der Waals surface area contributed by atoms with Crippen molar-refractivity contribution in [2.45, 2.75) is 20.3 Å². The molecule has 0 aliphatic carbocycles. The van der Waals surface area contributed by atoms with E-state index in [1.165, 1.54) is 5.56 Å². The van der Waals surface area contributed by atoms with Crippen molar-refractivity contribution < 1.29 is 9.53 Å². The second-order valence-corrected chi connectivity index (χ2v) is 4.71. The molecule has 0 fully saturated rings. The fourth-order valence-corrected chi connectivity index (χ4v) is 2.43. The SMILES string of the molecule is CCOC(=O)Cc1cc(C)c(-c2cccn2C)n1C. The molecule has 102 valence electrons. The summed E-state index contributed by atoms with van der Waals surface area (Å²) in [4.78, 5) is 11.6. The van der Waals surface area contributed by atoms with Gasteiger partial charge in [0.05, 0.1) is 24.4 Å². The molecule has 0 aliphatic rings. The standard InChI is InChI=1S/C15H20N2O2/c1-5-19-14(18)10-12-9-11(2)15(17(12)4)13-7-6-8-16(13)3/h6-9H,5,10H2,1-4H3. The van der Waals surface area contributed by atoms with Gasteiger partial charge in [0.2, 0.25) is 0 Å². The molecule has 4 nitrogen and oxygen atoms in total. The smallest absolute Gasteiger partial charge is 0.311 e. The quantitative estimate of drug-likeness (QED) is 0.792. The van der Waals surface area contributed by atoms with Crippen molar-refractivity contribution in [3.05, 3.63) is 35.7 Å². The van der Waals surface area contributed by atoms with Crippen molar-refractivity contribution >= 4 is 5.97 Å². The number of hydrogen-bond acceptors (Lipinski definition) is 2. The zero-order valence-corrected chi connectivity index (χ0v) is 11.9. The van der Waals surface area contributed by atoms with Crippen LogP contribution < -0.4 is 0 Å². The van der Waals surface area contributed by atoms with Crippen LogP contribution in [0.5, 0.6) is 0 Å². The summed E-state index contributed by atoms with van der Waals surface area (Å²) in [6.45, 7) is 4.31. The molecule has 0 amide bonds. The van der Waals surface area contributed by atoms with Gasteiger partial charge in [-0.25, -0.2) is 0 Å². The first-order valence-electron chi connectivity index (χ1n) is 6.47. The molecule has 2 aromatic heterocycles. The predicted molar refractivity (Wildman–Crippen MR) is 74.9 cm³/mol. The highest BCUT2D eigenvalue weighted by atomic mass is 16.5. The number of ether oxygens (including phenoxy) is 1. The molecule has 19 heavy (non-hydrogen) atoms. The number of carbonyl (C=O) groups is 1. The zero-order chi connectivity index (χ0) is 14.0. The van der Waals surface area contributed by atoms with Crippen molar-refractivity contribution in [1.82, 2.24) is 9.13 Å².